The Morgan fingerprint density at radius 1 is 1.52 bits per heavy atom. The molecule has 1 N–H and O–H groups in total. The van der Waals surface area contributed by atoms with E-state index in [1.54, 1.807) is 5.38 Å². The summed E-state index contributed by atoms with van der Waals surface area (Å²) in [5, 5.41) is 15.2. The molecule has 2 heterocycles. The summed E-state index contributed by atoms with van der Waals surface area (Å²) in [7, 11) is 0. The van der Waals surface area contributed by atoms with Crippen molar-refractivity contribution < 1.29 is 9.53 Å². The maximum absolute atomic E-state index is 12.4. The Balaban J connectivity index is 2.19. The lowest BCUT2D eigenvalue weighted by Crippen LogP contribution is -2.12. The molecule has 2 rings (SSSR count). The molecule has 1 amide bonds. The van der Waals surface area contributed by atoms with Crippen LogP contribution in [0, 0.1) is 18.3 Å². The van der Waals surface area contributed by atoms with Crippen LogP contribution in [0.5, 0.6) is 0 Å². The van der Waals surface area contributed by atoms with Gasteiger partial charge in [-0.05, 0) is 32.8 Å². The molecule has 0 saturated carbocycles. The van der Waals surface area contributed by atoms with Crippen LogP contribution in [0.15, 0.2) is 5.38 Å². The summed E-state index contributed by atoms with van der Waals surface area (Å²) >= 11 is 2.83. The van der Waals surface area contributed by atoms with E-state index in [1.165, 1.54) is 22.7 Å². The normalized spacial score (nSPS) is 12.0. The molecule has 0 unspecified atom stereocenters. The van der Waals surface area contributed by atoms with Crippen LogP contribution in [-0.4, -0.2) is 17.5 Å². The van der Waals surface area contributed by atoms with E-state index in [4.69, 9.17) is 4.74 Å². The van der Waals surface area contributed by atoms with Crippen molar-refractivity contribution in [1.82, 2.24) is 4.98 Å². The third-order valence-electron chi connectivity index (χ3n) is 3.42. The number of ether oxygens (including phenoxy) is 1. The summed E-state index contributed by atoms with van der Waals surface area (Å²) in [6, 6.07) is 2.19. The molecule has 7 heteroatoms. The van der Waals surface area contributed by atoms with Crippen LogP contribution in [0.3, 0.4) is 0 Å². The minimum atomic E-state index is -0.295. The number of hydrogen-bond acceptors (Lipinski definition) is 6. The number of aromatic nitrogens is 1. The van der Waals surface area contributed by atoms with Crippen molar-refractivity contribution in [1.29, 1.82) is 5.26 Å². The fourth-order valence-electron chi connectivity index (χ4n) is 2.28. The van der Waals surface area contributed by atoms with E-state index in [1.807, 2.05) is 27.7 Å². The fourth-order valence-corrected chi connectivity index (χ4v) is 4.17. The molecule has 2 aromatic rings. The predicted octanol–water partition coefficient (Wildman–Crippen LogP) is 4.30. The molecule has 0 aliphatic rings. The number of thiazole rings is 1. The Bertz CT molecular complexity index is 743. The average molecular weight is 349 g/mol. The standard InChI is InChI=1S/C16H19N3O2S2/c1-5-11-10(4)23-16(12(11)7-17)19-14(20)13-8-22-15(18-13)9(3)21-6-2/h8-9H,5-6H2,1-4H3,(H,19,20)/t9-/m0/s1. The molecule has 23 heavy (non-hydrogen) atoms. The van der Waals surface area contributed by atoms with Crippen molar-refractivity contribution in [2.24, 2.45) is 0 Å². The van der Waals surface area contributed by atoms with E-state index in [-0.39, 0.29) is 12.0 Å². The number of aryl methyl sites for hydroxylation is 1. The van der Waals surface area contributed by atoms with Gasteiger partial charge in [0.25, 0.3) is 5.91 Å². The molecule has 0 radical (unpaired) electrons. The maximum Gasteiger partial charge on any atom is 0.275 e. The number of anilines is 1. The number of thiophene rings is 1. The molecule has 0 saturated heterocycles. The first-order valence-electron chi connectivity index (χ1n) is 7.42. The van der Waals surface area contributed by atoms with Gasteiger partial charge in [0.05, 0.1) is 5.56 Å². The highest BCUT2D eigenvalue weighted by Crippen LogP contribution is 2.33. The predicted molar refractivity (Wildman–Crippen MR) is 93.3 cm³/mol. The number of hydrogen-bond donors (Lipinski definition) is 1. The van der Waals surface area contributed by atoms with Gasteiger partial charge in [-0.1, -0.05) is 6.92 Å². The van der Waals surface area contributed by atoms with Crippen LogP contribution in [-0.2, 0) is 11.2 Å². The van der Waals surface area contributed by atoms with Gasteiger partial charge in [0.15, 0.2) is 0 Å². The zero-order chi connectivity index (χ0) is 17.0. The van der Waals surface area contributed by atoms with Crippen LogP contribution < -0.4 is 5.32 Å². The lowest BCUT2D eigenvalue weighted by Gasteiger charge is -2.07. The van der Waals surface area contributed by atoms with Crippen molar-refractivity contribution in [3.8, 4) is 6.07 Å². The largest absolute Gasteiger partial charge is 0.372 e. The first-order valence-corrected chi connectivity index (χ1v) is 9.12. The fraction of sp³-hybridized carbons (Fsp3) is 0.438. The second-order valence-electron chi connectivity index (χ2n) is 4.93. The van der Waals surface area contributed by atoms with E-state index in [0.29, 0.717) is 22.9 Å². The number of nitrogens with one attached hydrogen (secondary N) is 1. The van der Waals surface area contributed by atoms with Gasteiger partial charge in [-0.25, -0.2) is 4.98 Å². The Kier molecular flexibility index (Phi) is 5.88. The van der Waals surface area contributed by atoms with Crippen LogP contribution in [0.1, 0.15) is 58.4 Å². The topological polar surface area (TPSA) is 75.0 Å². The minimum Gasteiger partial charge on any atom is -0.372 e. The number of carbonyl (C=O) groups excluding carboxylic acids is 1. The molecule has 5 nitrogen and oxygen atoms in total. The number of nitriles is 1. The van der Waals surface area contributed by atoms with Gasteiger partial charge < -0.3 is 10.1 Å². The van der Waals surface area contributed by atoms with Gasteiger partial charge in [-0.2, -0.15) is 5.26 Å². The van der Waals surface area contributed by atoms with Gasteiger partial charge in [-0.3, -0.25) is 4.79 Å². The minimum absolute atomic E-state index is 0.128. The molecule has 1 atom stereocenters. The van der Waals surface area contributed by atoms with E-state index < -0.39 is 0 Å². The second kappa shape index (κ2) is 7.68. The van der Waals surface area contributed by atoms with E-state index >= 15 is 0 Å². The summed E-state index contributed by atoms with van der Waals surface area (Å²) in [5.74, 6) is -0.295. The average Bonchev–Trinajstić information content (AvgIpc) is 3.11. The SMILES string of the molecule is CCO[C@@H](C)c1nc(C(=O)Nc2sc(C)c(CC)c2C#N)cs1. The van der Waals surface area contributed by atoms with Gasteiger partial charge in [0.2, 0.25) is 0 Å². The monoisotopic (exact) mass is 349 g/mol. The highest BCUT2D eigenvalue weighted by atomic mass is 32.1. The summed E-state index contributed by atoms with van der Waals surface area (Å²) in [6.45, 7) is 8.40. The van der Waals surface area contributed by atoms with Gasteiger partial charge in [0.1, 0.15) is 27.9 Å². The number of nitrogens with zero attached hydrogens (tertiary/aromatic N) is 2. The number of amides is 1. The van der Waals surface area contributed by atoms with E-state index in [0.717, 1.165) is 21.9 Å². The third-order valence-corrected chi connectivity index (χ3v) is 5.49. The second-order valence-corrected chi connectivity index (χ2v) is 7.04. The first kappa shape index (κ1) is 17.6. The van der Waals surface area contributed by atoms with Crippen molar-refractivity contribution in [2.45, 2.75) is 40.2 Å². The molecule has 2 aromatic heterocycles. The molecule has 0 aromatic carbocycles. The summed E-state index contributed by atoms with van der Waals surface area (Å²) in [6.07, 6.45) is 0.644. The summed E-state index contributed by atoms with van der Waals surface area (Å²) in [4.78, 5) is 17.8. The van der Waals surface area contributed by atoms with Crippen molar-refractivity contribution in [3.05, 3.63) is 32.1 Å². The molecule has 0 fully saturated rings. The zero-order valence-corrected chi connectivity index (χ0v) is 15.2. The lowest BCUT2D eigenvalue weighted by atomic mass is 10.1. The lowest BCUT2D eigenvalue weighted by molar-refractivity contribution is 0.0760. The smallest absolute Gasteiger partial charge is 0.275 e. The summed E-state index contributed by atoms with van der Waals surface area (Å²) in [5.41, 5.74) is 1.91. The molecule has 0 aliphatic heterocycles. The third kappa shape index (κ3) is 3.78. The van der Waals surface area contributed by atoms with Gasteiger partial charge in [0, 0.05) is 16.9 Å². The van der Waals surface area contributed by atoms with Crippen LogP contribution in [0.2, 0.25) is 0 Å². The Morgan fingerprint density at radius 2 is 2.26 bits per heavy atom. The molecular weight excluding hydrogens is 330 g/mol. The molecule has 0 bridgehead atoms. The van der Waals surface area contributed by atoms with Crippen molar-refractivity contribution in [3.63, 3.8) is 0 Å². The zero-order valence-electron chi connectivity index (χ0n) is 13.6. The van der Waals surface area contributed by atoms with Crippen LogP contribution in [0.25, 0.3) is 0 Å². The Hall–Kier alpha value is -1.75. The van der Waals surface area contributed by atoms with Crippen molar-refractivity contribution in [2.75, 3.05) is 11.9 Å². The van der Waals surface area contributed by atoms with Crippen LogP contribution in [0.4, 0.5) is 5.00 Å². The summed E-state index contributed by atoms with van der Waals surface area (Å²) < 4.78 is 5.48. The molecular formula is C16H19N3O2S2. The van der Waals surface area contributed by atoms with E-state index in [9.17, 15) is 10.1 Å². The Morgan fingerprint density at radius 3 is 2.87 bits per heavy atom. The quantitative estimate of drug-likeness (QED) is 0.844. The highest BCUT2D eigenvalue weighted by Gasteiger charge is 2.19. The number of carbonyl (C=O) groups is 1. The van der Waals surface area contributed by atoms with Crippen molar-refractivity contribution >= 4 is 33.6 Å². The highest BCUT2D eigenvalue weighted by molar-refractivity contribution is 7.16. The molecule has 122 valence electrons. The maximum atomic E-state index is 12.4. The molecule has 0 spiro atoms. The number of rotatable bonds is 6. The van der Waals surface area contributed by atoms with Gasteiger partial charge in [-0.15, -0.1) is 22.7 Å². The first-order chi connectivity index (χ1) is 11.0. The Labute approximate surface area is 143 Å². The van der Waals surface area contributed by atoms with Crippen LogP contribution >= 0.6 is 22.7 Å². The molecule has 0 aliphatic carbocycles. The van der Waals surface area contributed by atoms with E-state index in [2.05, 4.69) is 16.4 Å². The van der Waals surface area contributed by atoms with Gasteiger partial charge >= 0.3 is 0 Å².